The van der Waals surface area contributed by atoms with Crippen molar-refractivity contribution in [2.24, 2.45) is 5.92 Å². The van der Waals surface area contributed by atoms with Gasteiger partial charge in [0.1, 0.15) is 11.6 Å². The van der Waals surface area contributed by atoms with Crippen molar-refractivity contribution < 1.29 is 0 Å². The molecule has 3 N–H and O–H groups in total. The number of nitrogen functional groups attached to an aromatic ring is 1. The number of hydrogen-bond acceptors (Lipinski definition) is 6. The third-order valence-corrected chi connectivity index (χ3v) is 3.70. The van der Waals surface area contributed by atoms with Gasteiger partial charge in [-0.25, -0.2) is 0 Å². The van der Waals surface area contributed by atoms with Gasteiger partial charge >= 0.3 is 0 Å². The smallest absolute Gasteiger partial charge is 0.223 e. The number of nitrogens with zero attached hydrogens (tertiary/aromatic N) is 4. The molecule has 112 valence electrons. The van der Waals surface area contributed by atoms with E-state index in [0.29, 0.717) is 11.9 Å². The van der Waals surface area contributed by atoms with Crippen LogP contribution in [0.2, 0.25) is 0 Å². The highest BCUT2D eigenvalue weighted by Gasteiger charge is 2.21. The number of rotatable bonds is 6. The van der Waals surface area contributed by atoms with Crippen molar-refractivity contribution >= 4 is 17.6 Å². The van der Waals surface area contributed by atoms with Crippen molar-refractivity contribution in [1.82, 2.24) is 14.9 Å². The Labute approximate surface area is 121 Å². The molecule has 1 saturated heterocycles. The maximum atomic E-state index is 5.80. The Kier molecular flexibility index (Phi) is 5.00. The van der Waals surface area contributed by atoms with Crippen LogP contribution in [0.3, 0.4) is 0 Å². The minimum absolute atomic E-state index is 0.330. The number of nitrogens with one attached hydrogen (secondary N) is 1. The van der Waals surface area contributed by atoms with E-state index >= 15 is 0 Å². The Morgan fingerprint density at radius 3 is 2.95 bits per heavy atom. The molecule has 1 aliphatic rings. The van der Waals surface area contributed by atoms with Crippen LogP contribution in [0.25, 0.3) is 0 Å². The fourth-order valence-corrected chi connectivity index (χ4v) is 2.65. The quantitative estimate of drug-likeness (QED) is 0.816. The highest BCUT2D eigenvalue weighted by atomic mass is 15.2. The molecular formula is C14H26N6. The lowest BCUT2D eigenvalue weighted by molar-refractivity contribution is 0.395. The molecule has 0 saturated carbocycles. The summed E-state index contributed by atoms with van der Waals surface area (Å²) in [6, 6.07) is 1.98. The Bertz CT molecular complexity index is 436. The van der Waals surface area contributed by atoms with Gasteiger partial charge < -0.3 is 20.9 Å². The first kappa shape index (κ1) is 14.8. The summed E-state index contributed by atoms with van der Waals surface area (Å²) < 4.78 is 0. The van der Waals surface area contributed by atoms with Gasteiger partial charge in [-0.3, -0.25) is 0 Å². The molecular weight excluding hydrogens is 252 g/mol. The summed E-state index contributed by atoms with van der Waals surface area (Å²) >= 11 is 0. The fourth-order valence-electron chi connectivity index (χ4n) is 2.65. The predicted molar refractivity (Wildman–Crippen MR) is 84.1 cm³/mol. The first-order valence-electron chi connectivity index (χ1n) is 7.36. The summed E-state index contributed by atoms with van der Waals surface area (Å²) in [5, 5.41) is 3.27. The minimum Gasteiger partial charge on any atom is -0.370 e. The average molecular weight is 278 g/mol. The minimum atomic E-state index is 0.330. The van der Waals surface area contributed by atoms with Crippen LogP contribution >= 0.6 is 0 Å². The van der Waals surface area contributed by atoms with E-state index < -0.39 is 0 Å². The molecule has 0 spiro atoms. The van der Waals surface area contributed by atoms with Crippen LogP contribution in [0.15, 0.2) is 6.07 Å². The summed E-state index contributed by atoms with van der Waals surface area (Å²) in [5.74, 6) is 2.74. The summed E-state index contributed by atoms with van der Waals surface area (Å²) in [6.07, 6.45) is 2.31. The van der Waals surface area contributed by atoms with Gasteiger partial charge in [0.25, 0.3) is 0 Å². The molecule has 0 amide bonds. The summed E-state index contributed by atoms with van der Waals surface area (Å²) in [7, 11) is 4.25. The maximum Gasteiger partial charge on any atom is 0.223 e. The fraction of sp³-hybridized carbons (Fsp3) is 0.714. The zero-order valence-electron chi connectivity index (χ0n) is 12.8. The number of hydrogen-bond donors (Lipinski definition) is 2. The standard InChI is InChI=1S/C14H26N6/c1-4-6-16-12-8-13(18-14(15)17-12)20(3)10-11-5-7-19(2)9-11/h8,11H,4-7,9-10H2,1-3H3,(H3,15,16,17,18). The second-order valence-electron chi connectivity index (χ2n) is 5.69. The van der Waals surface area contributed by atoms with Crippen molar-refractivity contribution in [2.75, 3.05) is 56.2 Å². The molecule has 0 bridgehead atoms. The molecule has 2 rings (SSSR count). The van der Waals surface area contributed by atoms with Crippen LogP contribution in [-0.2, 0) is 0 Å². The second kappa shape index (κ2) is 6.74. The molecule has 1 fully saturated rings. The van der Waals surface area contributed by atoms with Crippen LogP contribution in [0.5, 0.6) is 0 Å². The first-order chi connectivity index (χ1) is 9.58. The van der Waals surface area contributed by atoms with Crippen molar-refractivity contribution in [3.63, 3.8) is 0 Å². The molecule has 6 nitrogen and oxygen atoms in total. The van der Waals surface area contributed by atoms with E-state index in [1.807, 2.05) is 6.07 Å². The summed E-state index contributed by atoms with van der Waals surface area (Å²) in [5.41, 5.74) is 5.80. The molecule has 1 atom stereocenters. The Morgan fingerprint density at radius 2 is 2.30 bits per heavy atom. The highest BCUT2D eigenvalue weighted by Crippen LogP contribution is 2.20. The van der Waals surface area contributed by atoms with E-state index in [1.54, 1.807) is 0 Å². The molecule has 1 aromatic rings. The average Bonchev–Trinajstić information content (AvgIpc) is 2.81. The Hall–Kier alpha value is -1.56. The van der Waals surface area contributed by atoms with Crippen molar-refractivity contribution in [1.29, 1.82) is 0 Å². The lowest BCUT2D eigenvalue weighted by Crippen LogP contribution is -2.28. The van der Waals surface area contributed by atoms with E-state index in [1.165, 1.54) is 13.0 Å². The molecule has 6 heteroatoms. The SMILES string of the molecule is CCCNc1cc(N(C)CC2CCN(C)C2)nc(N)n1. The first-order valence-corrected chi connectivity index (χ1v) is 7.36. The van der Waals surface area contributed by atoms with Gasteiger partial charge in [-0.15, -0.1) is 0 Å². The summed E-state index contributed by atoms with van der Waals surface area (Å²) in [6.45, 7) is 6.38. The van der Waals surface area contributed by atoms with Gasteiger partial charge in [0.2, 0.25) is 5.95 Å². The van der Waals surface area contributed by atoms with Gasteiger partial charge in [-0.05, 0) is 32.4 Å². The lowest BCUT2D eigenvalue weighted by Gasteiger charge is -2.22. The topological polar surface area (TPSA) is 70.3 Å². The number of likely N-dealkylation sites (tertiary alicyclic amines) is 1. The third-order valence-electron chi connectivity index (χ3n) is 3.70. The second-order valence-corrected chi connectivity index (χ2v) is 5.69. The van der Waals surface area contributed by atoms with Crippen molar-refractivity contribution in [3.05, 3.63) is 6.07 Å². The zero-order chi connectivity index (χ0) is 14.5. The molecule has 1 aromatic heterocycles. The number of aromatic nitrogens is 2. The Balaban J connectivity index is 2.01. The molecule has 0 aromatic carbocycles. The maximum absolute atomic E-state index is 5.80. The van der Waals surface area contributed by atoms with Crippen LogP contribution < -0.4 is 16.0 Å². The van der Waals surface area contributed by atoms with E-state index in [4.69, 9.17) is 5.73 Å². The van der Waals surface area contributed by atoms with E-state index in [2.05, 4.69) is 46.1 Å². The van der Waals surface area contributed by atoms with Gasteiger partial charge in [0.15, 0.2) is 0 Å². The zero-order valence-corrected chi connectivity index (χ0v) is 12.8. The van der Waals surface area contributed by atoms with Gasteiger partial charge in [0, 0.05) is 32.7 Å². The molecule has 0 radical (unpaired) electrons. The van der Waals surface area contributed by atoms with Crippen molar-refractivity contribution in [3.8, 4) is 0 Å². The molecule has 20 heavy (non-hydrogen) atoms. The van der Waals surface area contributed by atoms with Crippen molar-refractivity contribution in [2.45, 2.75) is 19.8 Å². The van der Waals surface area contributed by atoms with E-state index in [9.17, 15) is 0 Å². The van der Waals surface area contributed by atoms with Crippen LogP contribution in [0.1, 0.15) is 19.8 Å². The van der Waals surface area contributed by atoms with Gasteiger partial charge in [0.05, 0.1) is 0 Å². The number of nitrogens with two attached hydrogens (primary N) is 1. The molecule has 0 aliphatic carbocycles. The lowest BCUT2D eigenvalue weighted by atomic mass is 10.1. The largest absolute Gasteiger partial charge is 0.370 e. The third kappa shape index (κ3) is 3.96. The highest BCUT2D eigenvalue weighted by molar-refractivity contribution is 5.52. The number of anilines is 3. The molecule has 1 unspecified atom stereocenters. The van der Waals surface area contributed by atoms with Crippen LogP contribution in [-0.4, -0.2) is 55.1 Å². The molecule has 1 aliphatic heterocycles. The summed E-state index contributed by atoms with van der Waals surface area (Å²) in [4.78, 5) is 13.1. The van der Waals surface area contributed by atoms with Crippen LogP contribution in [0, 0.1) is 5.92 Å². The van der Waals surface area contributed by atoms with E-state index in [0.717, 1.165) is 37.7 Å². The van der Waals surface area contributed by atoms with Gasteiger partial charge in [-0.2, -0.15) is 9.97 Å². The Morgan fingerprint density at radius 1 is 1.50 bits per heavy atom. The van der Waals surface area contributed by atoms with Crippen LogP contribution in [0.4, 0.5) is 17.6 Å². The monoisotopic (exact) mass is 278 g/mol. The molecule has 2 heterocycles. The normalized spacial score (nSPS) is 19.2. The predicted octanol–water partition coefficient (Wildman–Crippen LogP) is 1.27. The van der Waals surface area contributed by atoms with E-state index in [-0.39, 0.29) is 0 Å². The van der Waals surface area contributed by atoms with Gasteiger partial charge in [-0.1, -0.05) is 6.92 Å².